The summed E-state index contributed by atoms with van der Waals surface area (Å²) in [6, 6.07) is 3.26. The van der Waals surface area contributed by atoms with Gasteiger partial charge >= 0.3 is 12.1 Å². The van der Waals surface area contributed by atoms with Gasteiger partial charge in [0, 0.05) is 13.2 Å². The largest absolute Gasteiger partial charge is 0.459 e. The quantitative estimate of drug-likeness (QED) is 0.566. The molecule has 0 N–H and O–H groups in total. The van der Waals surface area contributed by atoms with Crippen LogP contribution in [-0.4, -0.2) is 45.1 Å². The van der Waals surface area contributed by atoms with Crippen LogP contribution in [0.4, 0.5) is 22.0 Å². The topological polar surface area (TPSA) is 114 Å². The minimum atomic E-state index is -5.88. The van der Waals surface area contributed by atoms with Gasteiger partial charge in [0.15, 0.2) is 21.3 Å². The number of imidazole rings is 1. The molecule has 14 heteroatoms. The Bertz CT molecular complexity index is 1290. The summed E-state index contributed by atoms with van der Waals surface area (Å²) in [5, 5.41) is 15.4. The molecule has 0 bridgehead atoms. The monoisotopic (exact) mass is 446 g/mol. The Morgan fingerprint density at radius 3 is 2.40 bits per heavy atom. The van der Waals surface area contributed by atoms with Crippen molar-refractivity contribution in [3.8, 4) is 17.6 Å². The van der Waals surface area contributed by atoms with Crippen LogP contribution in [-0.2, 0) is 22.8 Å². The van der Waals surface area contributed by atoms with Gasteiger partial charge < -0.3 is 4.57 Å². The number of nitriles is 1. The number of fused-ring (bicyclic) bond motifs is 1. The predicted octanol–water partition coefficient (Wildman–Crippen LogP) is 2.74. The van der Waals surface area contributed by atoms with Gasteiger partial charge in [0.25, 0.3) is 0 Å². The van der Waals surface area contributed by atoms with Crippen LogP contribution in [0.5, 0.6) is 0 Å². The number of aryl methyl sites for hydroxylation is 1. The second-order valence-electron chi connectivity index (χ2n) is 6.09. The molecular formula is C16H11F5N6O2S. The summed E-state index contributed by atoms with van der Waals surface area (Å²) in [5.74, 6) is -5.75. The van der Waals surface area contributed by atoms with Gasteiger partial charge in [0.05, 0.1) is 16.2 Å². The molecule has 0 unspecified atom stereocenters. The summed E-state index contributed by atoms with van der Waals surface area (Å²) < 4.78 is 91.1. The molecule has 0 aliphatic heterocycles. The maximum Gasteiger partial charge on any atom is 0.459 e. The number of halogens is 5. The van der Waals surface area contributed by atoms with Crippen molar-refractivity contribution in [1.82, 2.24) is 24.7 Å². The summed E-state index contributed by atoms with van der Waals surface area (Å²) >= 11 is 0. The Morgan fingerprint density at radius 1 is 1.17 bits per heavy atom. The summed E-state index contributed by atoms with van der Waals surface area (Å²) in [5.41, 5.74) is -2.44. The van der Waals surface area contributed by atoms with Crippen molar-refractivity contribution in [1.29, 1.82) is 5.26 Å². The van der Waals surface area contributed by atoms with Gasteiger partial charge in [-0.25, -0.2) is 13.4 Å². The average molecular weight is 446 g/mol. The van der Waals surface area contributed by atoms with Crippen LogP contribution in [0.2, 0.25) is 0 Å². The first-order valence-corrected chi connectivity index (χ1v) is 9.77. The van der Waals surface area contributed by atoms with E-state index in [4.69, 9.17) is 5.26 Å². The zero-order chi connectivity index (χ0) is 22.5. The molecule has 8 nitrogen and oxygen atoms in total. The minimum Gasteiger partial charge on any atom is -0.309 e. The lowest BCUT2D eigenvalue weighted by molar-refractivity contribution is -0.291. The van der Waals surface area contributed by atoms with E-state index in [2.05, 4.69) is 20.2 Å². The molecule has 0 saturated carbocycles. The fourth-order valence-electron chi connectivity index (χ4n) is 2.56. The molecule has 0 aliphatic rings. The third kappa shape index (κ3) is 3.34. The standard InChI is InChI=1S/C16H11F5N6O2S/c1-3-30(28,29)10-4-8(6-22)7-23-12(10)14-24-9-5-11(15(17,18)16(19,20)21)25-26-13(9)27(14)2/h4-5,7H,3H2,1-2H3. The van der Waals surface area contributed by atoms with Crippen LogP contribution in [0.15, 0.2) is 23.2 Å². The van der Waals surface area contributed by atoms with Crippen molar-refractivity contribution in [2.75, 3.05) is 5.75 Å². The van der Waals surface area contributed by atoms with E-state index in [1.165, 1.54) is 14.0 Å². The van der Waals surface area contributed by atoms with E-state index < -0.39 is 27.6 Å². The van der Waals surface area contributed by atoms with Gasteiger partial charge in [0.2, 0.25) is 0 Å². The lowest BCUT2D eigenvalue weighted by Crippen LogP contribution is -2.34. The fraction of sp³-hybridized carbons (Fsp3) is 0.312. The van der Waals surface area contributed by atoms with E-state index in [9.17, 15) is 30.4 Å². The van der Waals surface area contributed by atoms with Gasteiger partial charge in [0.1, 0.15) is 23.0 Å². The highest BCUT2D eigenvalue weighted by atomic mass is 32.2. The molecule has 0 aliphatic carbocycles. The first-order valence-electron chi connectivity index (χ1n) is 8.12. The molecular weight excluding hydrogens is 435 g/mol. The SMILES string of the molecule is CCS(=O)(=O)c1cc(C#N)cnc1-c1nc2cc(C(F)(F)C(F)(F)F)nnc2n1C. The van der Waals surface area contributed by atoms with E-state index in [1.807, 2.05) is 0 Å². The van der Waals surface area contributed by atoms with Gasteiger partial charge in [-0.15, -0.1) is 10.2 Å². The van der Waals surface area contributed by atoms with Gasteiger partial charge in [-0.05, 0) is 12.1 Å². The molecule has 3 aromatic heterocycles. The molecule has 0 amide bonds. The minimum absolute atomic E-state index is 0.0450. The zero-order valence-corrected chi connectivity index (χ0v) is 16.1. The number of hydrogen-bond donors (Lipinski definition) is 0. The molecule has 30 heavy (non-hydrogen) atoms. The first kappa shape index (κ1) is 21.5. The van der Waals surface area contributed by atoms with Crippen LogP contribution in [0.3, 0.4) is 0 Å². The number of rotatable bonds is 4. The van der Waals surface area contributed by atoms with E-state index in [0.717, 1.165) is 16.8 Å². The van der Waals surface area contributed by atoms with Gasteiger partial charge in [-0.1, -0.05) is 6.92 Å². The van der Waals surface area contributed by atoms with Crippen molar-refractivity contribution < 1.29 is 30.4 Å². The number of hydrogen-bond acceptors (Lipinski definition) is 7. The van der Waals surface area contributed by atoms with E-state index in [-0.39, 0.29) is 38.9 Å². The van der Waals surface area contributed by atoms with E-state index in [1.54, 1.807) is 6.07 Å². The smallest absolute Gasteiger partial charge is 0.309 e. The lowest BCUT2D eigenvalue weighted by Gasteiger charge is -2.17. The highest BCUT2D eigenvalue weighted by Crippen LogP contribution is 2.43. The molecule has 3 aromatic rings. The average Bonchev–Trinajstić information content (AvgIpc) is 3.02. The summed E-state index contributed by atoms with van der Waals surface area (Å²) in [4.78, 5) is 7.55. The number of nitrogens with zero attached hydrogens (tertiary/aromatic N) is 6. The van der Waals surface area contributed by atoms with Gasteiger partial charge in [-0.3, -0.25) is 4.98 Å². The fourth-order valence-corrected chi connectivity index (χ4v) is 3.62. The Labute approximate surface area is 165 Å². The number of pyridine rings is 1. The highest BCUT2D eigenvalue weighted by molar-refractivity contribution is 7.91. The number of aromatic nitrogens is 5. The molecule has 0 spiro atoms. The van der Waals surface area contributed by atoms with Crippen molar-refractivity contribution in [2.45, 2.75) is 23.9 Å². The third-order valence-electron chi connectivity index (χ3n) is 4.20. The summed E-state index contributed by atoms with van der Waals surface area (Å²) in [7, 11) is -2.55. The molecule has 158 valence electrons. The lowest BCUT2D eigenvalue weighted by atomic mass is 10.2. The van der Waals surface area contributed by atoms with E-state index >= 15 is 0 Å². The third-order valence-corrected chi connectivity index (χ3v) is 5.94. The van der Waals surface area contributed by atoms with Crippen LogP contribution in [0, 0.1) is 11.3 Å². The summed E-state index contributed by atoms with van der Waals surface area (Å²) in [6.07, 6.45) is -4.80. The van der Waals surface area contributed by atoms with Crippen molar-refractivity contribution in [3.05, 3.63) is 29.6 Å². The van der Waals surface area contributed by atoms with Gasteiger partial charge in [-0.2, -0.15) is 27.2 Å². The van der Waals surface area contributed by atoms with Crippen molar-refractivity contribution in [2.24, 2.45) is 7.05 Å². The Hall–Kier alpha value is -3.21. The highest BCUT2D eigenvalue weighted by Gasteiger charge is 2.60. The molecule has 0 atom stereocenters. The van der Waals surface area contributed by atoms with Crippen LogP contribution in [0.1, 0.15) is 18.2 Å². The van der Waals surface area contributed by atoms with Crippen molar-refractivity contribution >= 4 is 21.0 Å². The number of alkyl halides is 5. The van der Waals surface area contributed by atoms with Crippen molar-refractivity contribution in [3.63, 3.8) is 0 Å². The van der Waals surface area contributed by atoms with Crippen LogP contribution >= 0.6 is 0 Å². The second kappa shape index (κ2) is 6.94. The van der Waals surface area contributed by atoms with E-state index in [0.29, 0.717) is 6.07 Å². The molecule has 0 radical (unpaired) electrons. The molecule has 0 aromatic carbocycles. The molecule has 3 rings (SSSR count). The maximum atomic E-state index is 13.6. The predicted molar refractivity (Wildman–Crippen MR) is 91.9 cm³/mol. The Morgan fingerprint density at radius 2 is 1.83 bits per heavy atom. The zero-order valence-electron chi connectivity index (χ0n) is 15.2. The Balaban J connectivity index is 2.27. The maximum absolute atomic E-state index is 13.6. The molecule has 3 heterocycles. The normalized spacial score (nSPS) is 12.9. The summed E-state index contributed by atoms with van der Waals surface area (Å²) in [6.45, 7) is 1.37. The van der Waals surface area contributed by atoms with Crippen LogP contribution in [0.25, 0.3) is 22.7 Å². The first-order chi connectivity index (χ1) is 13.8. The number of sulfone groups is 1. The van der Waals surface area contributed by atoms with Crippen LogP contribution < -0.4 is 0 Å². The molecule has 0 saturated heterocycles. The second-order valence-corrected chi connectivity index (χ2v) is 8.34. The molecule has 0 fully saturated rings. The Kier molecular flexibility index (Phi) is 4.97.